The smallest absolute Gasteiger partial charge is 0.0580 e. The van der Waals surface area contributed by atoms with E-state index in [4.69, 9.17) is 0 Å². The molecular weight excluding hydrogens is 270 g/mol. The molecule has 2 aromatic heterocycles. The van der Waals surface area contributed by atoms with Gasteiger partial charge in [0.2, 0.25) is 0 Å². The summed E-state index contributed by atoms with van der Waals surface area (Å²) in [5.41, 5.74) is 0.127. The van der Waals surface area contributed by atoms with E-state index < -0.39 is 0 Å². The van der Waals surface area contributed by atoms with Crippen LogP contribution in [0.2, 0.25) is 0 Å². The summed E-state index contributed by atoms with van der Waals surface area (Å²) in [6.07, 6.45) is 6.73. The largest absolute Gasteiger partial charge is 0.299 e. The first-order chi connectivity index (χ1) is 9.19. The molecule has 0 aliphatic heterocycles. The van der Waals surface area contributed by atoms with Crippen LogP contribution in [-0.2, 0) is 5.54 Å². The van der Waals surface area contributed by atoms with Gasteiger partial charge in [0.1, 0.15) is 0 Å². The zero-order valence-corrected chi connectivity index (χ0v) is 13.4. The lowest BCUT2D eigenvalue weighted by Gasteiger charge is -2.38. The highest BCUT2D eigenvalue weighted by atomic mass is 32.1. The molecule has 2 rings (SSSR count). The summed E-state index contributed by atoms with van der Waals surface area (Å²) in [5.74, 6) is 0. The Bertz CT molecular complexity index is 497. The standard InChI is InChI=1S/C16H21NS2/c1-4-16(17(2)3,15-10-7-13-19-15)11-5-8-14-9-6-12-18-14/h5-10,12-13H,4,11H2,1-3H3. The maximum absolute atomic E-state index is 2.36. The Balaban J connectivity index is 2.19. The van der Waals surface area contributed by atoms with E-state index in [0.717, 1.165) is 12.8 Å². The second kappa shape index (κ2) is 6.51. The lowest BCUT2D eigenvalue weighted by atomic mass is 9.88. The summed E-state index contributed by atoms with van der Waals surface area (Å²) in [5, 5.41) is 4.30. The average Bonchev–Trinajstić information content (AvgIpc) is 3.07. The Kier molecular flexibility index (Phi) is 4.97. The van der Waals surface area contributed by atoms with Gasteiger partial charge in [0.15, 0.2) is 0 Å². The van der Waals surface area contributed by atoms with E-state index in [1.807, 2.05) is 11.3 Å². The molecule has 19 heavy (non-hydrogen) atoms. The molecule has 1 unspecified atom stereocenters. The Morgan fingerprint density at radius 3 is 2.42 bits per heavy atom. The van der Waals surface area contributed by atoms with Gasteiger partial charge in [-0.2, -0.15) is 0 Å². The van der Waals surface area contributed by atoms with Crippen LogP contribution in [0.4, 0.5) is 0 Å². The fourth-order valence-electron chi connectivity index (χ4n) is 2.44. The molecule has 0 amide bonds. The molecule has 0 N–H and O–H groups in total. The van der Waals surface area contributed by atoms with Crippen LogP contribution in [0.1, 0.15) is 29.5 Å². The molecule has 1 atom stereocenters. The third-order valence-corrected chi connectivity index (χ3v) is 5.60. The van der Waals surface area contributed by atoms with Gasteiger partial charge >= 0.3 is 0 Å². The molecule has 1 nitrogen and oxygen atoms in total. The summed E-state index contributed by atoms with van der Waals surface area (Å²) in [7, 11) is 4.37. The summed E-state index contributed by atoms with van der Waals surface area (Å²) in [6.45, 7) is 2.28. The molecule has 0 spiro atoms. The van der Waals surface area contributed by atoms with Crippen LogP contribution in [0.25, 0.3) is 6.08 Å². The highest BCUT2D eigenvalue weighted by Gasteiger charge is 2.32. The van der Waals surface area contributed by atoms with Gasteiger partial charge in [0, 0.05) is 9.75 Å². The molecule has 0 saturated heterocycles. The van der Waals surface area contributed by atoms with Crippen molar-refractivity contribution in [1.29, 1.82) is 0 Å². The van der Waals surface area contributed by atoms with Crippen molar-refractivity contribution in [3.05, 3.63) is 50.9 Å². The monoisotopic (exact) mass is 291 g/mol. The van der Waals surface area contributed by atoms with Gasteiger partial charge in [0.05, 0.1) is 5.54 Å². The third kappa shape index (κ3) is 3.16. The first-order valence-corrected chi connectivity index (χ1v) is 8.36. The van der Waals surface area contributed by atoms with E-state index in [-0.39, 0.29) is 5.54 Å². The molecule has 0 saturated carbocycles. The molecule has 2 heterocycles. The maximum Gasteiger partial charge on any atom is 0.0580 e. The molecule has 0 aliphatic carbocycles. The van der Waals surface area contributed by atoms with Crippen LogP contribution >= 0.6 is 22.7 Å². The minimum atomic E-state index is 0.127. The van der Waals surface area contributed by atoms with Crippen LogP contribution in [0, 0.1) is 0 Å². The van der Waals surface area contributed by atoms with E-state index >= 15 is 0 Å². The number of nitrogens with zero attached hydrogens (tertiary/aromatic N) is 1. The lowest BCUT2D eigenvalue weighted by Crippen LogP contribution is -2.39. The molecular formula is C16H21NS2. The van der Waals surface area contributed by atoms with Gasteiger partial charge in [-0.25, -0.2) is 0 Å². The van der Waals surface area contributed by atoms with Crippen molar-refractivity contribution in [3.63, 3.8) is 0 Å². The quantitative estimate of drug-likeness (QED) is 0.717. The van der Waals surface area contributed by atoms with Gasteiger partial charge in [-0.15, -0.1) is 22.7 Å². The second-order valence-electron chi connectivity index (χ2n) is 4.88. The first-order valence-electron chi connectivity index (χ1n) is 6.60. The summed E-state index contributed by atoms with van der Waals surface area (Å²) in [4.78, 5) is 5.14. The fraction of sp³-hybridized carbons (Fsp3) is 0.375. The van der Waals surface area contributed by atoms with E-state index in [1.54, 1.807) is 11.3 Å². The van der Waals surface area contributed by atoms with Gasteiger partial charge < -0.3 is 0 Å². The highest BCUT2D eigenvalue weighted by molar-refractivity contribution is 7.10. The van der Waals surface area contributed by atoms with Crippen LogP contribution in [0.3, 0.4) is 0 Å². The Hall–Kier alpha value is -0.900. The van der Waals surface area contributed by atoms with E-state index in [9.17, 15) is 0 Å². The van der Waals surface area contributed by atoms with E-state index in [0.29, 0.717) is 0 Å². The predicted octanol–water partition coefficient (Wildman–Crippen LogP) is 5.08. The summed E-state index contributed by atoms with van der Waals surface area (Å²) >= 11 is 3.65. The van der Waals surface area contributed by atoms with E-state index in [2.05, 4.69) is 73.1 Å². The highest BCUT2D eigenvalue weighted by Crippen LogP contribution is 2.37. The molecule has 2 aromatic rings. The van der Waals surface area contributed by atoms with E-state index in [1.165, 1.54) is 9.75 Å². The fourth-order valence-corrected chi connectivity index (χ4v) is 4.17. The van der Waals surface area contributed by atoms with Crippen molar-refractivity contribution in [1.82, 2.24) is 4.90 Å². The van der Waals surface area contributed by atoms with Crippen molar-refractivity contribution in [2.75, 3.05) is 14.1 Å². The second-order valence-corrected chi connectivity index (χ2v) is 6.81. The van der Waals surface area contributed by atoms with Crippen molar-refractivity contribution < 1.29 is 0 Å². The molecule has 3 heteroatoms. The lowest BCUT2D eigenvalue weighted by molar-refractivity contribution is 0.152. The third-order valence-electron chi connectivity index (χ3n) is 3.70. The zero-order chi connectivity index (χ0) is 13.7. The Labute approximate surface area is 124 Å². The predicted molar refractivity (Wildman–Crippen MR) is 87.9 cm³/mol. The van der Waals surface area contributed by atoms with Crippen LogP contribution in [0.15, 0.2) is 41.1 Å². The molecule has 0 aliphatic rings. The molecule has 102 valence electrons. The summed E-state index contributed by atoms with van der Waals surface area (Å²) < 4.78 is 0. The summed E-state index contributed by atoms with van der Waals surface area (Å²) in [6, 6.07) is 8.67. The SMILES string of the molecule is CCC(CC=Cc1cccs1)(c1cccs1)N(C)C. The number of hydrogen-bond acceptors (Lipinski definition) is 3. The molecule has 0 fully saturated rings. The van der Waals surface area contributed by atoms with Crippen LogP contribution < -0.4 is 0 Å². The normalized spacial score (nSPS) is 15.2. The molecule has 0 bridgehead atoms. The van der Waals surface area contributed by atoms with Crippen molar-refractivity contribution in [3.8, 4) is 0 Å². The van der Waals surface area contributed by atoms with Crippen molar-refractivity contribution >= 4 is 28.7 Å². The minimum Gasteiger partial charge on any atom is -0.299 e. The minimum absolute atomic E-state index is 0.127. The number of thiophene rings is 2. The first kappa shape index (κ1) is 14.5. The van der Waals surface area contributed by atoms with Crippen LogP contribution in [-0.4, -0.2) is 19.0 Å². The van der Waals surface area contributed by atoms with Crippen molar-refractivity contribution in [2.45, 2.75) is 25.3 Å². The Morgan fingerprint density at radius 2 is 1.89 bits per heavy atom. The van der Waals surface area contributed by atoms with Crippen molar-refractivity contribution in [2.24, 2.45) is 0 Å². The number of hydrogen-bond donors (Lipinski definition) is 0. The topological polar surface area (TPSA) is 3.24 Å². The van der Waals surface area contributed by atoms with Crippen LogP contribution in [0.5, 0.6) is 0 Å². The molecule has 0 aromatic carbocycles. The van der Waals surface area contributed by atoms with Gasteiger partial charge in [-0.3, -0.25) is 4.90 Å². The van der Waals surface area contributed by atoms with Gasteiger partial charge in [-0.1, -0.05) is 25.1 Å². The average molecular weight is 291 g/mol. The zero-order valence-electron chi connectivity index (χ0n) is 11.8. The molecule has 0 radical (unpaired) electrons. The number of rotatable bonds is 6. The Morgan fingerprint density at radius 1 is 1.16 bits per heavy atom. The van der Waals surface area contributed by atoms with Gasteiger partial charge in [-0.05, 0) is 55.9 Å². The maximum atomic E-state index is 2.36. The van der Waals surface area contributed by atoms with Gasteiger partial charge in [0.25, 0.3) is 0 Å².